The number of rotatable bonds is 4. The highest BCUT2D eigenvalue weighted by Gasteiger charge is 2.06. The van der Waals surface area contributed by atoms with Crippen LogP contribution in [0.3, 0.4) is 0 Å². The summed E-state index contributed by atoms with van der Waals surface area (Å²) in [6, 6.07) is 10.9. The number of esters is 1. The lowest BCUT2D eigenvalue weighted by atomic mass is 10.1. The van der Waals surface area contributed by atoms with Crippen molar-refractivity contribution in [2.75, 3.05) is 5.73 Å². The molecule has 0 spiro atoms. The largest absolute Gasteiger partial charge is 0.459 e. The molecule has 19 heavy (non-hydrogen) atoms. The second-order valence-electron chi connectivity index (χ2n) is 4.05. The zero-order chi connectivity index (χ0) is 13.7. The molecule has 1 aromatic carbocycles. The fourth-order valence-corrected chi connectivity index (χ4v) is 1.80. The molecule has 0 bridgehead atoms. The number of ether oxygens (including phenoxy) is 1. The topological polar surface area (TPSA) is 65.2 Å². The number of halogens is 1. The molecule has 0 saturated carbocycles. The van der Waals surface area contributed by atoms with Crippen molar-refractivity contribution < 1.29 is 9.53 Å². The van der Waals surface area contributed by atoms with Crippen LogP contribution in [0.1, 0.15) is 11.3 Å². The highest BCUT2D eigenvalue weighted by Crippen LogP contribution is 2.10. The first-order chi connectivity index (χ1) is 9.13. The molecule has 4 nitrogen and oxygen atoms in total. The summed E-state index contributed by atoms with van der Waals surface area (Å²) in [7, 11) is 0. The van der Waals surface area contributed by atoms with Crippen molar-refractivity contribution in [3.8, 4) is 0 Å². The lowest BCUT2D eigenvalue weighted by molar-refractivity contribution is -0.144. The lowest BCUT2D eigenvalue weighted by Crippen LogP contribution is -2.08. The van der Waals surface area contributed by atoms with Gasteiger partial charge in [0.25, 0.3) is 0 Å². The van der Waals surface area contributed by atoms with Gasteiger partial charge in [-0.2, -0.15) is 0 Å². The summed E-state index contributed by atoms with van der Waals surface area (Å²) in [5.41, 5.74) is 7.84. The van der Waals surface area contributed by atoms with E-state index >= 15 is 0 Å². The average molecular weight is 321 g/mol. The van der Waals surface area contributed by atoms with Crippen LogP contribution in [0, 0.1) is 0 Å². The maximum atomic E-state index is 11.7. The van der Waals surface area contributed by atoms with E-state index in [2.05, 4.69) is 20.9 Å². The summed E-state index contributed by atoms with van der Waals surface area (Å²) >= 11 is 3.29. The number of benzene rings is 1. The second-order valence-corrected chi connectivity index (χ2v) is 4.97. The van der Waals surface area contributed by atoms with E-state index in [-0.39, 0.29) is 19.0 Å². The molecule has 98 valence electrons. The minimum atomic E-state index is -0.296. The van der Waals surface area contributed by atoms with Crippen LogP contribution < -0.4 is 5.73 Å². The van der Waals surface area contributed by atoms with Crippen LogP contribution >= 0.6 is 15.9 Å². The van der Waals surface area contributed by atoms with Gasteiger partial charge in [-0.25, -0.2) is 0 Å². The third-order valence-corrected chi connectivity index (χ3v) is 2.94. The fourth-order valence-electron chi connectivity index (χ4n) is 1.57. The molecule has 2 aromatic rings. The van der Waals surface area contributed by atoms with E-state index in [4.69, 9.17) is 10.5 Å². The summed E-state index contributed by atoms with van der Waals surface area (Å²) in [4.78, 5) is 15.8. The summed E-state index contributed by atoms with van der Waals surface area (Å²) in [6.45, 7) is 0.175. The molecule has 0 aliphatic carbocycles. The van der Waals surface area contributed by atoms with Gasteiger partial charge < -0.3 is 10.5 Å². The third-order valence-electron chi connectivity index (χ3n) is 2.47. The van der Waals surface area contributed by atoms with Gasteiger partial charge in [-0.1, -0.05) is 12.1 Å². The lowest BCUT2D eigenvalue weighted by Gasteiger charge is -2.05. The third kappa shape index (κ3) is 4.37. The van der Waals surface area contributed by atoms with Gasteiger partial charge in [0.15, 0.2) is 0 Å². The molecule has 0 radical (unpaired) electrons. The van der Waals surface area contributed by atoms with Crippen molar-refractivity contribution >= 4 is 27.6 Å². The zero-order valence-electron chi connectivity index (χ0n) is 10.2. The molecule has 0 aliphatic heterocycles. The number of anilines is 1. The Bertz CT molecular complexity index is 570. The first kappa shape index (κ1) is 13.5. The Balaban J connectivity index is 1.86. The Morgan fingerprint density at radius 1 is 1.32 bits per heavy atom. The summed E-state index contributed by atoms with van der Waals surface area (Å²) in [5.74, 6) is -0.296. The molecule has 0 atom stereocenters. The Labute approximate surface area is 119 Å². The first-order valence-electron chi connectivity index (χ1n) is 5.74. The monoisotopic (exact) mass is 320 g/mol. The molecule has 0 aliphatic rings. The molecule has 0 unspecified atom stereocenters. The number of nitrogens with two attached hydrogens (primary N) is 1. The number of hydrogen-bond donors (Lipinski definition) is 1. The molecule has 0 amide bonds. The zero-order valence-corrected chi connectivity index (χ0v) is 11.8. The SMILES string of the molecule is Nc1cccc(CC(=O)OCc2ccc(Br)cn2)c1. The number of carbonyl (C=O) groups is 1. The summed E-state index contributed by atoms with van der Waals surface area (Å²) in [5, 5.41) is 0. The molecule has 0 fully saturated rings. The van der Waals surface area contributed by atoms with Gasteiger partial charge in [0.05, 0.1) is 12.1 Å². The van der Waals surface area contributed by atoms with Crippen molar-refractivity contribution in [1.82, 2.24) is 4.98 Å². The van der Waals surface area contributed by atoms with Gasteiger partial charge >= 0.3 is 5.97 Å². The number of hydrogen-bond acceptors (Lipinski definition) is 4. The molecule has 2 N–H and O–H groups in total. The number of carbonyl (C=O) groups excluding carboxylic acids is 1. The average Bonchev–Trinajstić information content (AvgIpc) is 2.38. The molecule has 1 heterocycles. The Morgan fingerprint density at radius 2 is 2.16 bits per heavy atom. The van der Waals surface area contributed by atoms with Crippen LogP contribution in [0.2, 0.25) is 0 Å². The van der Waals surface area contributed by atoms with Gasteiger partial charge in [0, 0.05) is 16.4 Å². The van der Waals surface area contributed by atoms with Crippen LogP contribution in [0.25, 0.3) is 0 Å². The van der Waals surface area contributed by atoms with E-state index in [9.17, 15) is 4.79 Å². The van der Waals surface area contributed by atoms with Gasteiger partial charge in [-0.15, -0.1) is 0 Å². The van der Waals surface area contributed by atoms with Crippen molar-refractivity contribution in [2.45, 2.75) is 13.0 Å². The van der Waals surface area contributed by atoms with E-state index < -0.39 is 0 Å². The first-order valence-corrected chi connectivity index (χ1v) is 6.53. The maximum absolute atomic E-state index is 11.7. The maximum Gasteiger partial charge on any atom is 0.310 e. The highest BCUT2D eigenvalue weighted by atomic mass is 79.9. The quantitative estimate of drug-likeness (QED) is 0.695. The van der Waals surface area contributed by atoms with Crippen molar-refractivity contribution in [3.05, 3.63) is 58.3 Å². The molecule has 5 heteroatoms. The normalized spacial score (nSPS) is 10.2. The molecule has 1 aromatic heterocycles. The molecule has 0 saturated heterocycles. The van der Waals surface area contributed by atoms with E-state index in [1.165, 1.54) is 0 Å². The van der Waals surface area contributed by atoms with E-state index in [0.29, 0.717) is 11.4 Å². The second kappa shape index (κ2) is 6.33. The molecular weight excluding hydrogens is 308 g/mol. The van der Waals surface area contributed by atoms with E-state index in [1.807, 2.05) is 18.2 Å². The van der Waals surface area contributed by atoms with Gasteiger partial charge in [-0.05, 0) is 45.8 Å². The number of aromatic nitrogens is 1. The minimum Gasteiger partial charge on any atom is -0.459 e. The van der Waals surface area contributed by atoms with Crippen molar-refractivity contribution in [2.24, 2.45) is 0 Å². The van der Waals surface area contributed by atoms with Crippen LogP contribution in [0.4, 0.5) is 5.69 Å². The number of nitrogens with zero attached hydrogens (tertiary/aromatic N) is 1. The van der Waals surface area contributed by atoms with Crippen LogP contribution in [-0.4, -0.2) is 11.0 Å². The predicted molar refractivity (Wildman–Crippen MR) is 76.3 cm³/mol. The number of pyridine rings is 1. The van der Waals surface area contributed by atoms with E-state index in [1.54, 1.807) is 24.4 Å². The van der Waals surface area contributed by atoms with Crippen LogP contribution in [-0.2, 0) is 22.6 Å². The summed E-state index contributed by atoms with van der Waals surface area (Å²) < 4.78 is 6.05. The van der Waals surface area contributed by atoms with Gasteiger partial charge in [0.2, 0.25) is 0 Å². The Hall–Kier alpha value is -1.88. The minimum absolute atomic E-state index is 0.175. The van der Waals surface area contributed by atoms with Crippen LogP contribution in [0.15, 0.2) is 47.1 Å². The molecular formula is C14H13BrN2O2. The molecule has 2 rings (SSSR count). The predicted octanol–water partition coefficient (Wildman–Crippen LogP) is 2.71. The van der Waals surface area contributed by atoms with Gasteiger partial charge in [0.1, 0.15) is 6.61 Å². The Kier molecular flexibility index (Phi) is 4.52. The highest BCUT2D eigenvalue weighted by molar-refractivity contribution is 9.10. The standard InChI is InChI=1S/C14H13BrN2O2/c15-11-4-5-13(17-8-11)9-19-14(18)7-10-2-1-3-12(16)6-10/h1-6,8H,7,9,16H2. The van der Waals surface area contributed by atoms with Gasteiger partial charge in [-0.3, -0.25) is 9.78 Å². The number of nitrogen functional groups attached to an aromatic ring is 1. The Morgan fingerprint density at radius 3 is 2.84 bits per heavy atom. The summed E-state index contributed by atoms with van der Waals surface area (Å²) in [6.07, 6.45) is 1.88. The van der Waals surface area contributed by atoms with Crippen molar-refractivity contribution in [3.63, 3.8) is 0 Å². The van der Waals surface area contributed by atoms with E-state index in [0.717, 1.165) is 10.0 Å². The fraction of sp³-hybridized carbons (Fsp3) is 0.143. The van der Waals surface area contributed by atoms with Crippen molar-refractivity contribution in [1.29, 1.82) is 0 Å². The smallest absolute Gasteiger partial charge is 0.310 e. The van der Waals surface area contributed by atoms with Crippen LogP contribution in [0.5, 0.6) is 0 Å².